The first-order valence-electron chi connectivity index (χ1n) is 6.96. The lowest BCUT2D eigenvalue weighted by Gasteiger charge is -2.01. The fourth-order valence-electron chi connectivity index (χ4n) is 2.24. The summed E-state index contributed by atoms with van der Waals surface area (Å²) in [5.74, 6) is 1.05. The van der Waals surface area contributed by atoms with Crippen molar-refractivity contribution in [3.63, 3.8) is 0 Å². The van der Waals surface area contributed by atoms with Crippen LogP contribution < -0.4 is 5.32 Å². The minimum atomic E-state index is 0.757. The van der Waals surface area contributed by atoms with Crippen molar-refractivity contribution in [2.24, 2.45) is 0 Å². The number of nitrogens with one attached hydrogen (secondary N) is 1. The number of benzene rings is 1. The number of rotatable bonds is 7. The zero-order valence-corrected chi connectivity index (χ0v) is 12.1. The monoisotopic (exact) mass is 261 g/mol. The average molecular weight is 261 g/mol. The van der Waals surface area contributed by atoms with Gasteiger partial charge in [0.1, 0.15) is 11.3 Å². The van der Waals surface area contributed by atoms with E-state index in [1.165, 1.54) is 16.5 Å². The first-order valence-corrected chi connectivity index (χ1v) is 6.96. The highest BCUT2D eigenvalue weighted by Gasteiger charge is 2.10. The molecule has 1 N–H and O–H groups in total. The van der Waals surface area contributed by atoms with Crippen molar-refractivity contribution < 1.29 is 9.15 Å². The molecule has 0 unspecified atom stereocenters. The van der Waals surface area contributed by atoms with Gasteiger partial charge >= 0.3 is 0 Å². The van der Waals surface area contributed by atoms with Gasteiger partial charge in [-0.25, -0.2) is 0 Å². The molecule has 0 saturated heterocycles. The molecule has 0 radical (unpaired) electrons. The number of methoxy groups -OCH3 is 1. The SMILES string of the molecule is CCCNCc1oc2ccc(CCOC)cc2c1C. The van der Waals surface area contributed by atoms with Gasteiger partial charge in [0.15, 0.2) is 0 Å². The third-order valence-electron chi connectivity index (χ3n) is 3.41. The van der Waals surface area contributed by atoms with Crippen LogP contribution in [0.5, 0.6) is 0 Å². The van der Waals surface area contributed by atoms with Crippen LogP contribution in [-0.4, -0.2) is 20.3 Å². The molecule has 0 spiro atoms. The maximum absolute atomic E-state index is 5.91. The van der Waals surface area contributed by atoms with Crippen molar-refractivity contribution in [1.82, 2.24) is 5.32 Å². The van der Waals surface area contributed by atoms with Crippen LogP contribution in [0.4, 0.5) is 0 Å². The molecule has 3 nitrogen and oxygen atoms in total. The van der Waals surface area contributed by atoms with E-state index in [-0.39, 0.29) is 0 Å². The third-order valence-corrected chi connectivity index (χ3v) is 3.41. The normalized spacial score (nSPS) is 11.3. The minimum Gasteiger partial charge on any atom is -0.459 e. The number of ether oxygens (including phenoxy) is 1. The summed E-state index contributed by atoms with van der Waals surface area (Å²) >= 11 is 0. The van der Waals surface area contributed by atoms with E-state index in [0.29, 0.717) is 0 Å². The van der Waals surface area contributed by atoms with E-state index in [4.69, 9.17) is 9.15 Å². The number of furan rings is 1. The fraction of sp³-hybridized carbons (Fsp3) is 0.500. The van der Waals surface area contributed by atoms with Crippen molar-refractivity contribution in [3.05, 3.63) is 35.1 Å². The molecule has 104 valence electrons. The number of hydrogen-bond donors (Lipinski definition) is 1. The van der Waals surface area contributed by atoms with Gasteiger partial charge in [-0.05, 0) is 49.6 Å². The Kier molecular flexibility index (Phi) is 5.00. The lowest BCUT2D eigenvalue weighted by Crippen LogP contribution is -2.13. The molecule has 0 aliphatic carbocycles. The van der Waals surface area contributed by atoms with Gasteiger partial charge < -0.3 is 14.5 Å². The molecule has 0 bridgehead atoms. The molecule has 0 saturated carbocycles. The van der Waals surface area contributed by atoms with E-state index < -0.39 is 0 Å². The van der Waals surface area contributed by atoms with Gasteiger partial charge in [-0.2, -0.15) is 0 Å². The summed E-state index contributed by atoms with van der Waals surface area (Å²) in [6, 6.07) is 6.40. The van der Waals surface area contributed by atoms with Crippen LogP contribution >= 0.6 is 0 Å². The van der Waals surface area contributed by atoms with Crippen molar-refractivity contribution in [2.45, 2.75) is 33.2 Å². The Morgan fingerprint density at radius 1 is 1.32 bits per heavy atom. The van der Waals surface area contributed by atoms with Crippen LogP contribution in [0.1, 0.15) is 30.2 Å². The minimum absolute atomic E-state index is 0.757. The highest BCUT2D eigenvalue weighted by molar-refractivity contribution is 5.82. The van der Waals surface area contributed by atoms with E-state index in [1.807, 2.05) is 0 Å². The zero-order chi connectivity index (χ0) is 13.7. The molecule has 2 rings (SSSR count). The van der Waals surface area contributed by atoms with Crippen LogP contribution in [-0.2, 0) is 17.7 Å². The van der Waals surface area contributed by atoms with E-state index in [9.17, 15) is 0 Å². The lowest BCUT2D eigenvalue weighted by atomic mass is 10.1. The van der Waals surface area contributed by atoms with E-state index in [1.54, 1.807) is 7.11 Å². The number of hydrogen-bond acceptors (Lipinski definition) is 3. The smallest absolute Gasteiger partial charge is 0.134 e. The van der Waals surface area contributed by atoms with Gasteiger partial charge in [0.2, 0.25) is 0 Å². The highest BCUT2D eigenvalue weighted by atomic mass is 16.5. The molecule has 3 heteroatoms. The molecular formula is C16H23NO2. The largest absolute Gasteiger partial charge is 0.459 e. The van der Waals surface area contributed by atoms with Gasteiger partial charge in [-0.1, -0.05) is 13.0 Å². The summed E-state index contributed by atoms with van der Waals surface area (Å²) in [5.41, 5.74) is 3.52. The number of aryl methyl sites for hydroxylation is 1. The Morgan fingerprint density at radius 2 is 2.16 bits per heavy atom. The molecule has 0 fully saturated rings. The topological polar surface area (TPSA) is 34.4 Å². The molecule has 1 aromatic carbocycles. The zero-order valence-electron chi connectivity index (χ0n) is 12.1. The molecular weight excluding hydrogens is 238 g/mol. The molecule has 0 amide bonds. The summed E-state index contributed by atoms with van der Waals surface area (Å²) < 4.78 is 11.0. The van der Waals surface area contributed by atoms with Crippen molar-refractivity contribution in [1.29, 1.82) is 0 Å². The lowest BCUT2D eigenvalue weighted by molar-refractivity contribution is 0.202. The Balaban J connectivity index is 2.19. The van der Waals surface area contributed by atoms with Gasteiger partial charge in [-0.3, -0.25) is 0 Å². The predicted molar refractivity (Wildman–Crippen MR) is 78.5 cm³/mol. The van der Waals surface area contributed by atoms with Crippen molar-refractivity contribution in [3.8, 4) is 0 Å². The Morgan fingerprint density at radius 3 is 2.89 bits per heavy atom. The predicted octanol–water partition coefficient (Wildman–Crippen LogP) is 3.43. The standard InChI is InChI=1S/C16H23NO2/c1-4-8-17-11-16-12(2)14-10-13(7-9-18-3)5-6-15(14)19-16/h5-6,10,17H,4,7-9,11H2,1-3H3. The fourth-order valence-corrected chi connectivity index (χ4v) is 2.24. The van der Waals surface area contributed by atoms with E-state index in [2.05, 4.69) is 37.4 Å². The second kappa shape index (κ2) is 6.73. The second-order valence-electron chi connectivity index (χ2n) is 4.90. The molecule has 0 aliphatic heterocycles. The summed E-state index contributed by atoms with van der Waals surface area (Å²) in [7, 11) is 1.74. The third kappa shape index (κ3) is 3.37. The van der Waals surface area contributed by atoms with Gasteiger partial charge in [0, 0.05) is 12.5 Å². The summed E-state index contributed by atoms with van der Waals surface area (Å²) in [6.07, 6.45) is 2.08. The van der Waals surface area contributed by atoms with Crippen LogP contribution in [0.15, 0.2) is 22.6 Å². The van der Waals surface area contributed by atoms with E-state index >= 15 is 0 Å². The van der Waals surface area contributed by atoms with Crippen molar-refractivity contribution >= 4 is 11.0 Å². The van der Waals surface area contributed by atoms with Gasteiger partial charge in [0.05, 0.1) is 13.2 Å². The Hall–Kier alpha value is -1.32. The molecule has 1 aromatic heterocycles. The second-order valence-corrected chi connectivity index (χ2v) is 4.90. The highest BCUT2D eigenvalue weighted by Crippen LogP contribution is 2.26. The molecule has 0 atom stereocenters. The quantitative estimate of drug-likeness (QED) is 0.775. The van der Waals surface area contributed by atoms with E-state index in [0.717, 1.165) is 43.9 Å². The molecule has 19 heavy (non-hydrogen) atoms. The maximum atomic E-state index is 5.91. The van der Waals surface area contributed by atoms with Crippen LogP contribution in [0.3, 0.4) is 0 Å². The van der Waals surface area contributed by atoms with Crippen LogP contribution in [0.2, 0.25) is 0 Å². The van der Waals surface area contributed by atoms with Crippen LogP contribution in [0.25, 0.3) is 11.0 Å². The van der Waals surface area contributed by atoms with Gasteiger partial charge in [-0.15, -0.1) is 0 Å². The Bertz CT molecular complexity index is 531. The molecule has 0 aliphatic rings. The summed E-state index contributed by atoms with van der Waals surface area (Å²) in [6.45, 7) is 6.89. The summed E-state index contributed by atoms with van der Waals surface area (Å²) in [4.78, 5) is 0. The van der Waals surface area contributed by atoms with Crippen molar-refractivity contribution in [2.75, 3.05) is 20.3 Å². The maximum Gasteiger partial charge on any atom is 0.134 e. The average Bonchev–Trinajstić information content (AvgIpc) is 2.74. The molecule has 2 aromatic rings. The Labute approximate surface area is 114 Å². The van der Waals surface area contributed by atoms with Gasteiger partial charge in [0.25, 0.3) is 0 Å². The first kappa shape index (κ1) is 14.1. The molecule has 1 heterocycles. The number of fused-ring (bicyclic) bond motifs is 1. The summed E-state index contributed by atoms with van der Waals surface area (Å²) in [5, 5.41) is 4.61. The first-order chi connectivity index (χ1) is 9.26. The van der Waals surface area contributed by atoms with Crippen LogP contribution in [0, 0.1) is 6.92 Å².